The molecule has 1 heterocycles. The van der Waals surface area contributed by atoms with Crippen LogP contribution in [0.5, 0.6) is 0 Å². The van der Waals surface area contributed by atoms with E-state index >= 15 is 0 Å². The molecule has 0 N–H and O–H groups in total. The molecule has 1 aliphatic carbocycles. The summed E-state index contributed by atoms with van der Waals surface area (Å²) in [6.45, 7) is 2.10. The van der Waals surface area contributed by atoms with Crippen LogP contribution in [0.4, 0.5) is 0 Å². The van der Waals surface area contributed by atoms with Gasteiger partial charge >= 0.3 is 0 Å². The lowest BCUT2D eigenvalue weighted by molar-refractivity contribution is 0.417. The van der Waals surface area contributed by atoms with Gasteiger partial charge in [-0.25, -0.2) is 0 Å². The van der Waals surface area contributed by atoms with Gasteiger partial charge < -0.3 is 0 Å². The lowest BCUT2D eigenvalue weighted by Crippen LogP contribution is -2.10. The van der Waals surface area contributed by atoms with E-state index in [0.717, 1.165) is 5.92 Å². The van der Waals surface area contributed by atoms with Gasteiger partial charge in [0.15, 0.2) is 0 Å². The van der Waals surface area contributed by atoms with Crippen LogP contribution in [0.2, 0.25) is 0 Å². The maximum absolute atomic E-state index is 4.28. The van der Waals surface area contributed by atoms with Crippen LogP contribution >= 0.6 is 0 Å². The summed E-state index contributed by atoms with van der Waals surface area (Å²) in [5, 5.41) is 0. The predicted molar refractivity (Wildman–Crippen MR) is 45.6 cm³/mol. The molecule has 1 nitrogen and oxygen atoms in total. The van der Waals surface area contributed by atoms with E-state index in [1.807, 2.05) is 12.3 Å². The van der Waals surface area contributed by atoms with Gasteiger partial charge in [-0.2, -0.15) is 0 Å². The zero-order valence-corrected chi connectivity index (χ0v) is 6.88. The highest BCUT2D eigenvalue weighted by Gasteiger charge is 2.20. The fourth-order valence-corrected chi connectivity index (χ4v) is 1.65. The Bertz CT molecular complexity index is 251. The molecule has 58 valence electrons. The molecule has 2 rings (SSSR count). The summed E-state index contributed by atoms with van der Waals surface area (Å²) in [7, 11) is 0. The van der Waals surface area contributed by atoms with Gasteiger partial charge in [-0.05, 0) is 37.3 Å². The van der Waals surface area contributed by atoms with Crippen LogP contribution in [0.1, 0.15) is 36.4 Å². The molecule has 1 aromatic heterocycles. The monoisotopic (exact) mass is 147 g/mol. The molecule has 1 aliphatic rings. The fourth-order valence-electron chi connectivity index (χ4n) is 1.65. The Morgan fingerprint density at radius 3 is 2.82 bits per heavy atom. The highest BCUT2D eigenvalue weighted by Crippen LogP contribution is 2.36. The molecule has 0 amide bonds. The largest absolute Gasteiger partial charge is 0.261 e. The Morgan fingerprint density at radius 2 is 2.27 bits per heavy atom. The first-order chi connectivity index (χ1) is 5.38. The molecule has 0 saturated heterocycles. The molecule has 0 unspecified atom stereocenters. The molecule has 0 aliphatic heterocycles. The molecule has 1 fully saturated rings. The first-order valence-corrected chi connectivity index (χ1v) is 4.29. The van der Waals surface area contributed by atoms with Crippen LogP contribution in [0, 0.1) is 6.92 Å². The topological polar surface area (TPSA) is 12.9 Å². The second-order valence-corrected chi connectivity index (χ2v) is 3.31. The molecular weight excluding hydrogens is 134 g/mol. The van der Waals surface area contributed by atoms with Gasteiger partial charge in [0, 0.05) is 11.9 Å². The van der Waals surface area contributed by atoms with Crippen LogP contribution in [0.25, 0.3) is 0 Å². The third kappa shape index (κ3) is 1.15. The Balaban J connectivity index is 2.28. The smallest absolute Gasteiger partial charge is 0.0407 e. The normalized spacial score (nSPS) is 17.9. The highest BCUT2D eigenvalue weighted by atomic mass is 14.7. The van der Waals surface area contributed by atoms with E-state index in [1.54, 1.807) is 0 Å². The van der Waals surface area contributed by atoms with E-state index in [4.69, 9.17) is 0 Å². The zero-order valence-electron chi connectivity index (χ0n) is 6.88. The SMILES string of the molecule is Cc1ncccc1C1CCC1. The Hall–Kier alpha value is -0.850. The standard InChI is InChI=1S/C10H13N/c1-8-10(6-3-7-11-8)9-4-2-5-9/h3,6-7,9H,2,4-5H2,1H3. The molecule has 1 saturated carbocycles. The van der Waals surface area contributed by atoms with E-state index in [-0.39, 0.29) is 0 Å². The van der Waals surface area contributed by atoms with E-state index in [9.17, 15) is 0 Å². The van der Waals surface area contributed by atoms with Crippen molar-refractivity contribution in [3.8, 4) is 0 Å². The van der Waals surface area contributed by atoms with Crippen molar-refractivity contribution < 1.29 is 0 Å². The minimum absolute atomic E-state index is 0.823. The Labute approximate surface area is 67.5 Å². The van der Waals surface area contributed by atoms with Gasteiger partial charge in [-0.15, -0.1) is 0 Å². The minimum Gasteiger partial charge on any atom is -0.261 e. The summed E-state index contributed by atoms with van der Waals surface area (Å²) in [4.78, 5) is 4.28. The molecule has 0 spiro atoms. The lowest BCUT2D eigenvalue weighted by atomic mass is 9.79. The van der Waals surface area contributed by atoms with E-state index in [2.05, 4.69) is 18.0 Å². The van der Waals surface area contributed by atoms with Gasteiger partial charge in [-0.3, -0.25) is 4.98 Å². The number of hydrogen-bond donors (Lipinski definition) is 0. The predicted octanol–water partition coefficient (Wildman–Crippen LogP) is 2.66. The van der Waals surface area contributed by atoms with E-state index < -0.39 is 0 Å². The molecule has 0 radical (unpaired) electrons. The fraction of sp³-hybridized carbons (Fsp3) is 0.500. The van der Waals surface area contributed by atoms with E-state index in [1.165, 1.54) is 30.5 Å². The maximum Gasteiger partial charge on any atom is 0.0407 e. The van der Waals surface area contributed by atoms with Crippen molar-refractivity contribution in [1.29, 1.82) is 0 Å². The number of aryl methyl sites for hydroxylation is 1. The average molecular weight is 147 g/mol. The summed E-state index contributed by atoms with van der Waals surface area (Å²) in [6.07, 6.45) is 6.01. The van der Waals surface area contributed by atoms with Crippen LogP contribution in [-0.2, 0) is 0 Å². The quantitative estimate of drug-likeness (QED) is 0.595. The van der Waals surface area contributed by atoms with Crippen molar-refractivity contribution in [2.24, 2.45) is 0 Å². The van der Waals surface area contributed by atoms with Gasteiger partial charge in [0.25, 0.3) is 0 Å². The van der Waals surface area contributed by atoms with Gasteiger partial charge in [-0.1, -0.05) is 12.5 Å². The molecule has 0 atom stereocenters. The second kappa shape index (κ2) is 2.65. The summed E-state index contributed by atoms with van der Waals surface area (Å²) < 4.78 is 0. The van der Waals surface area contributed by atoms with Gasteiger partial charge in [0.1, 0.15) is 0 Å². The number of nitrogens with zero attached hydrogens (tertiary/aromatic N) is 1. The molecule has 11 heavy (non-hydrogen) atoms. The number of pyridine rings is 1. The van der Waals surface area contributed by atoms with Crippen LogP contribution in [-0.4, -0.2) is 4.98 Å². The first kappa shape index (κ1) is 6.84. The van der Waals surface area contributed by atoms with Crippen molar-refractivity contribution in [3.05, 3.63) is 29.6 Å². The van der Waals surface area contributed by atoms with Crippen molar-refractivity contribution in [1.82, 2.24) is 4.98 Å². The second-order valence-electron chi connectivity index (χ2n) is 3.31. The van der Waals surface area contributed by atoms with Crippen LogP contribution < -0.4 is 0 Å². The third-order valence-corrected chi connectivity index (χ3v) is 2.59. The maximum atomic E-state index is 4.28. The Kier molecular flexibility index (Phi) is 1.65. The zero-order chi connectivity index (χ0) is 7.68. The van der Waals surface area contributed by atoms with E-state index in [0.29, 0.717) is 0 Å². The minimum atomic E-state index is 0.823. The van der Waals surface area contributed by atoms with Gasteiger partial charge in [0.05, 0.1) is 0 Å². The lowest BCUT2D eigenvalue weighted by Gasteiger charge is -2.26. The van der Waals surface area contributed by atoms with Crippen LogP contribution in [0.15, 0.2) is 18.3 Å². The molecule has 0 bridgehead atoms. The number of rotatable bonds is 1. The molecule has 1 aromatic rings. The molecule has 1 heteroatoms. The van der Waals surface area contributed by atoms with Crippen molar-refractivity contribution >= 4 is 0 Å². The first-order valence-electron chi connectivity index (χ1n) is 4.29. The molecular formula is C10H13N. The van der Waals surface area contributed by atoms with Gasteiger partial charge in [0.2, 0.25) is 0 Å². The summed E-state index contributed by atoms with van der Waals surface area (Å²) in [5.41, 5.74) is 2.69. The van der Waals surface area contributed by atoms with Crippen molar-refractivity contribution in [3.63, 3.8) is 0 Å². The number of aromatic nitrogens is 1. The van der Waals surface area contributed by atoms with Crippen molar-refractivity contribution in [2.45, 2.75) is 32.1 Å². The summed E-state index contributed by atoms with van der Waals surface area (Å²) >= 11 is 0. The van der Waals surface area contributed by atoms with Crippen molar-refractivity contribution in [2.75, 3.05) is 0 Å². The summed E-state index contributed by atoms with van der Waals surface area (Å²) in [6, 6.07) is 4.26. The highest BCUT2D eigenvalue weighted by molar-refractivity contribution is 5.24. The third-order valence-electron chi connectivity index (χ3n) is 2.59. The average Bonchev–Trinajstić information content (AvgIpc) is 1.90. The Morgan fingerprint density at radius 1 is 1.45 bits per heavy atom. The number of hydrogen-bond acceptors (Lipinski definition) is 1. The van der Waals surface area contributed by atoms with Crippen LogP contribution in [0.3, 0.4) is 0 Å². The molecule has 0 aromatic carbocycles. The summed E-state index contributed by atoms with van der Waals surface area (Å²) in [5.74, 6) is 0.823.